The van der Waals surface area contributed by atoms with E-state index in [1.54, 1.807) is 0 Å². The minimum Gasteiger partial charge on any atom is -0.310 e. The lowest BCUT2D eigenvalue weighted by molar-refractivity contribution is 0.479. The predicted molar refractivity (Wildman–Crippen MR) is 83.7 cm³/mol. The van der Waals surface area contributed by atoms with Gasteiger partial charge in [0.05, 0.1) is 14.7 Å². The third kappa shape index (κ3) is 3.59. The van der Waals surface area contributed by atoms with Crippen molar-refractivity contribution in [2.75, 3.05) is 0 Å². The minimum atomic E-state index is -4.65. The molecule has 0 aliphatic heterocycles. The number of hydrogen-bond acceptors (Lipinski definition) is 6. The standard InChI is InChI=1S/C12H13NO6S3/c13-12(20)6-5-9(11(7-12)22(17,18)19)8-3-1-2-4-10(8)21(14,15)16/h1-7,9,20H,13H2,(H,14,15,16)(H,17,18,19). The molecule has 0 saturated heterocycles. The fourth-order valence-corrected chi connectivity index (χ4v) is 4.10. The molecule has 4 N–H and O–H groups in total. The summed E-state index contributed by atoms with van der Waals surface area (Å²) in [6.45, 7) is 0. The van der Waals surface area contributed by atoms with Crippen LogP contribution in [0, 0.1) is 0 Å². The summed E-state index contributed by atoms with van der Waals surface area (Å²) in [5, 5.41) is 0. The van der Waals surface area contributed by atoms with Gasteiger partial charge in [-0.15, -0.1) is 12.6 Å². The maximum absolute atomic E-state index is 11.6. The lowest BCUT2D eigenvalue weighted by atomic mass is 9.93. The molecule has 2 rings (SSSR count). The zero-order valence-corrected chi connectivity index (χ0v) is 13.5. The largest absolute Gasteiger partial charge is 0.310 e. The van der Waals surface area contributed by atoms with Gasteiger partial charge in [-0.3, -0.25) is 9.11 Å². The molecule has 0 amide bonds. The highest BCUT2D eigenvalue weighted by molar-refractivity contribution is 7.90. The Morgan fingerprint density at radius 2 is 1.68 bits per heavy atom. The number of rotatable bonds is 3. The van der Waals surface area contributed by atoms with E-state index in [1.165, 1.54) is 30.4 Å². The van der Waals surface area contributed by atoms with Gasteiger partial charge in [0.1, 0.15) is 0 Å². The van der Waals surface area contributed by atoms with Crippen LogP contribution in [0.4, 0.5) is 0 Å². The molecule has 1 aromatic carbocycles. The van der Waals surface area contributed by atoms with Crippen molar-refractivity contribution >= 4 is 32.9 Å². The van der Waals surface area contributed by atoms with E-state index >= 15 is 0 Å². The third-order valence-corrected chi connectivity index (χ3v) is 5.24. The van der Waals surface area contributed by atoms with Gasteiger partial charge in [0, 0.05) is 5.92 Å². The summed E-state index contributed by atoms with van der Waals surface area (Å²) in [6, 6.07) is 5.32. The van der Waals surface area contributed by atoms with Crippen molar-refractivity contribution in [3.05, 3.63) is 53.0 Å². The van der Waals surface area contributed by atoms with E-state index in [2.05, 4.69) is 12.6 Å². The summed E-state index contributed by atoms with van der Waals surface area (Å²) in [5.41, 5.74) is 5.68. The first kappa shape index (κ1) is 17.2. The maximum Gasteiger partial charge on any atom is 0.294 e. The molecule has 0 radical (unpaired) electrons. The first-order chi connectivity index (χ1) is 9.92. The minimum absolute atomic E-state index is 0.00559. The molecule has 1 aliphatic rings. The Labute approximate surface area is 133 Å². The lowest BCUT2D eigenvalue weighted by Crippen LogP contribution is -2.33. The van der Waals surface area contributed by atoms with E-state index in [0.717, 1.165) is 12.1 Å². The smallest absolute Gasteiger partial charge is 0.294 e. The van der Waals surface area contributed by atoms with Crippen LogP contribution in [-0.2, 0) is 20.2 Å². The molecule has 0 heterocycles. The average Bonchev–Trinajstić information content (AvgIpc) is 2.36. The van der Waals surface area contributed by atoms with E-state index in [0.29, 0.717) is 0 Å². The third-order valence-electron chi connectivity index (χ3n) is 3.07. The van der Waals surface area contributed by atoms with Crippen molar-refractivity contribution in [2.24, 2.45) is 5.73 Å². The van der Waals surface area contributed by atoms with Crippen molar-refractivity contribution in [3.63, 3.8) is 0 Å². The average molecular weight is 363 g/mol. The normalized spacial score (nSPS) is 25.8. The van der Waals surface area contributed by atoms with Crippen LogP contribution >= 0.6 is 12.6 Å². The number of nitrogens with two attached hydrogens (primary N) is 1. The second-order valence-electron chi connectivity index (χ2n) is 4.76. The van der Waals surface area contributed by atoms with Gasteiger partial charge in [0.2, 0.25) is 0 Å². The fraction of sp³-hybridized carbons (Fsp3) is 0.167. The molecule has 7 nitrogen and oxygen atoms in total. The van der Waals surface area contributed by atoms with Crippen LogP contribution in [-0.4, -0.2) is 30.8 Å². The van der Waals surface area contributed by atoms with Crippen molar-refractivity contribution in [3.8, 4) is 0 Å². The molecule has 1 aliphatic carbocycles. The lowest BCUT2D eigenvalue weighted by Gasteiger charge is -2.26. The Bertz CT molecular complexity index is 868. The highest BCUT2D eigenvalue weighted by Gasteiger charge is 2.34. The first-order valence-corrected chi connectivity index (χ1v) is 9.22. The zero-order chi connectivity index (χ0) is 16.8. The van der Waals surface area contributed by atoms with Crippen LogP contribution in [0.1, 0.15) is 11.5 Å². The molecule has 22 heavy (non-hydrogen) atoms. The van der Waals surface area contributed by atoms with Gasteiger partial charge in [-0.2, -0.15) is 16.8 Å². The Morgan fingerprint density at radius 3 is 2.23 bits per heavy atom. The van der Waals surface area contributed by atoms with Gasteiger partial charge >= 0.3 is 0 Å². The van der Waals surface area contributed by atoms with E-state index in [9.17, 15) is 25.9 Å². The molecule has 2 atom stereocenters. The highest BCUT2D eigenvalue weighted by atomic mass is 32.2. The van der Waals surface area contributed by atoms with Crippen LogP contribution in [0.5, 0.6) is 0 Å². The zero-order valence-electron chi connectivity index (χ0n) is 11.0. The number of allylic oxidation sites excluding steroid dienone is 2. The molecule has 0 aromatic heterocycles. The molecule has 120 valence electrons. The second-order valence-corrected chi connectivity index (χ2v) is 8.34. The van der Waals surface area contributed by atoms with Crippen LogP contribution in [0.2, 0.25) is 0 Å². The number of benzene rings is 1. The van der Waals surface area contributed by atoms with E-state index in [4.69, 9.17) is 5.73 Å². The number of hydrogen-bond donors (Lipinski definition) is 4. The second kappa shape index (κ2) is 5.48. The SMILES string of the molecule is NC1(S)C=CC(c2ccccc2S(=O)(=O)O)C(S(=O)(=O)O)=C1. The van der Waals surface area contributed by atoms with Crippen molar-refractivity contribution in [1.82, 2.24) is 0 Å². The molecule has 1 aromatic rings. The van der Waals surface area contributed by atoms with Gasteiger partial charge in [0.25, 0.3) is 20.2 Å². The van der Waals surface area contributed by atoms with Gasteiger partial charge in [0.15, 0.2) is 0 Å². The Kier molecular flexibility index (Phi) is 4.28. The Morgan fingerprint density at radius 1 is 1.09 bits per heavy atom. The molecule has 0 bridgehead atoms. The summed E-state index contributed by atoms with van der Waals surface area (Å²) in [7, 11) is -9.22. The summed E-state index contributed by atoms with van der Waals surface area (Å²) < 4.78 is 64.7. The van der Waals surface area contributed by atoms with Gasteiger partial charge in [-0.1, -0.05) is 30.4 Å². The molecule has 0 saturated carbocycles. The highest BCUT2D eigenvalue weighted by Crippen LogP contribution is 2.38. The number of thiol groups is 1. The van der Waals surface area contributed by atoms with Crippen molar-refractivity contribution in [2.45, 2.75) is 15.7 Å². The molecule has 10 heteroatoms. The molecule has 2 unspecified atom stereocenters. The first-order valence-electron chi connectivity index (χ1n) is 5.89. The monoisotopic (exact) mass is 363 g/mol. The van der Waals surface area contributed by atoms with Crippen LogP contribution in [0.25, 0.3) is 0 Å². The van der Waals surface area contributed by atoms with Crippen molar-refractivity contribution < 1.29 is 25.9 Å². The summed E-state index contributed by atoms with van der Waals surface area (Å²) in [4.78, 5) is -2.37. The molecular weight excluding hydrogens is 350 g/mol. The summed E-state index contributed by atoms with van der Waals surface area (Å²) in [6.07, 6.45) is 3.67. The molecular formula is C12H13NO6S3. The van der Waals surface area contributed by atoms with Crippen molar-refractivity contribution in [1.29, 1.82) is 0 Å². The maximum atomic E-state index is 11.6. The predicted octanol–water partition coefficient (Wildman–Crippen LogP) is 0.943. The van der Waals surface area contributed by atoms with E-state index in [1.807, 2.05) is 0 Å². The van der Waals surface area contributed by atoms with Gasteiger partial charge < -0.3 is 5.73 Å². The fourth-order valence-electron chi connectivity index (χ4n) is 2.18. The summed E-state index contributed by atoms with van der Waals surface area (Å²) in [5.74, 6) is -1.11. The van der Waals surface area contributed by atoms with Crippen LogP contribution < -0.4 is 5.73 Å². The van der Waals surface area contributed by atoms with Gasteiger partial charge in [-0.05, 0) is 17.7 Å². The van der Waals surface area contributed by atoms with E-state index < -0.39 is 40.8 Å². The Balaban J connectivity index is 2.71. The topological polar surface area (TPSA) is 135 Å². The quantitative estimate of drug-likeness (QED) is 0.272. The molecule has 0 fully saturated rings. The Hall–Kier alpha value is -1.17. The van der Waals surface area contributed by atoms with Crippen LogP contribution in [0.15, 0.2) is 52.3 Å². The molecule has 0 spiro atoms. The summed E-state index contributed by atoms with van der Waals surface area (Å²) >= 11 is 4.02. The van der Waals surface area contributed by atoms with Crippen LogP contribution in [0.3, 0.4) is 0 Å². The van der Waals surface area contributed by atoms with E-state index in [-0.39, 0.29) is 5.56 Å². The van der Waals surface area contributed by atoms with Gasteiger partial charge in [-0.25, -0.2) is 0 Å².